The van der Waals surface area contributed by atoms with Crippen LogP contribution in [0.25, 0.3) is 0 Å². The molecule has 1 aromatic carbocycles. The van der Waals surface area contributed by atoms with Crippen LogP contribution in [0.2, 0.25) is 0 Å². The van der Waals surface area contributed by atoms with Gasteiger partial charge in [-0.3, -0.25) is 4.79 Å². The molecule has 3 nitrogen and oxygen atoms in total. The summed E-state index contributed by atoms with van der Waals surface area (Å²) in [7, 11) is 0. The molecular weight excluding hydrogens is 248 g/mol. The van der Waals surface area contributed by atoms with Gasteiger partial charge >= 0.3 is 0 Å². The summed E-state index contributed by atoms with van der Waals surface area (Å²) in [5.41, 5.74) is 3.49. The molecule has 0 saturated heterocycles. The van der Waals surface area contributed by atoms with Gasteiger partial charge in [-0.15, -0.1) is 0 Å². The number of benzene rings is 1. The lowest BCUT2D eigenvalue weighted by Gasteiger charge is -2.20. The van der Waals surface area contributed by atoms with E-state index in [0.29, 0.717) is 0 Å². The first-order valence-corrected chi connectivity index (χ1v) is 7.52. The topological polar surface area (TPSA) is 41.1 Å². The van der Waals surface area contributed by atoms with E-state index in [1.807, 2.05) is 12.1 Å². The second kappa shape index (κ2) is 4.24. The summed E-state index contributed by atoms with van der Waals surface area (Å²) >= 11 is 0. The van der Waals surface area contributed by atoms with Crippen molar-refractivity contribution in [1.82, 2.24) is 5.32 Å². The Hall–Kier alpha value is -1.51. The zero-order valence-electron chi connectivity index (χ0n) is 12.8. The van der Waals surface area contributed by atoms with Gasteiger partial charge in [-0.05, 0) is 41.4 Å². The number of carbonyl (C=O) groups excluding carboxylic acids is 1. The van der Waals surface area contributed by atoms with Crippen molar-refractivity contribution in [3.05, 3.63) is 29.3 Å². The molecular formula is C17H24N2O. The highest BCUT2D eigenvalue weighted by Crippen LogP contribution is 2.62. The van der Waals surface area contributed by atoms with E-state index in [-0.39, 0.29) is 22.8 Å². The Balaban J connectivity index is 1.83. The quantitative estimate of drug-likeness (QED) is 0.868. The van der Waals surface area contributed by atoms with E-state index in [1.54, 1.807) is 0 Å². The summed E-state index contributed by atoms with van der Waals surface area (Å²) in [6.45, 7) is 9.89. The predicted octanol–water partition coefficient (Wildman–Crippen LogP) is 3.21. The molecule has 3 heteroatoms. The lowest BCUT2D eigenvalue weighted by Crippen LogP contribution is -2.31. The number of fused-ring (bicyclic) bond motifs is 1. The molecule has 1 fully saturated rings. The van der Waals surface area contributed by atoms with E-state index in [4.69, 9.17) is 0 Å². The highest BCUT2D eigenvalue weighted by Gasteiger charge is 2.65. The molecule has 0 radical (unpaired) electrons. The monoisotopic (exact) mass is 272 g/mol. The first-order chi connectivity index (χ1) is 9.35. The normalized spacial score (nSPS) is 22.6. The fraction of sp³-hybridized carbons (Fsp3) is 0.588. The maximum atomic E-state index is 12.6. The van der Waals surface area contributed by atoms with E-state index < -0.39 is 0 Å². The summed E-state index contributed by atoms with van der Waals surface area (Å²) in [5, 5.41) is 6.61. The van der Waals surface area contributed by atoms with Crippen LogP contribution in [0.4, 0.5) is 5.69 Å². The van der Waals surface area contributed by atoms with Crippen LogP contribution in [-0.4, -0.2) is 18.5 Å². The summed E-state index contributed by atoms with van der Waals surface area (Å²) in [5.74, 6) is 0.0780. The van der Waals surface area contributed by atoms with Crippen LogP contribution in [0, 0.1) is 10.8 Å². The van der Waals surface area contributed by atoms with Gasteiger partial charge < -0.3 is 10.6 Å². The minimum absolute atomic E-state index is 0.0780. The summed E-state index contributed by atoms with van der Waals surface area (Å²) in [4.78, 5) is 12.6. The maximum absolute atomic E-state index is 12.6. The molecule has 1 heterocycles. The van der Waals surface area contributed by atoms with Crippen LogP contribution in [0.5, 0.6) is 0 Å². The van der Waals surface area contributed by atoms with E-state index in [1.165, 1.54) is 5.56 Å². The van der Waals surface area contributed by atoms with Gasteiger partial charge in [0.05, 0.1) is 0 Å². The van der Waals surface area contributed by atoms with Gasteiger partial charge in [0, 0.05) is 23.8 Å². The third-order valence-electron chi connectivity index (χ3n) is 5.64. The molecule has 1 aliphatic carbocycles. The van der Waals surface area contributed by atoms with Crippen molar-refractivity contribution >= 4 is 11.6 Å². The fourth-order valence-corrected chi connectivity index (χ4v) is 3.49. The number of hydrogen-bond acceptors (Lipinski definition) is 2. The van der Waals surface area contributed by atoms with Crippen molar-refractivity contribution in [3.63, 3.8) is 0 Å². The number of rotatable bonds is 2. The van der Waals surface area contributed by atoms with Gasteiger partial charge in [-0.1, -0.05) is 33.8 Å². The van der Waals surface area contributed by atoms with Crippen LogP contribution in [0.15, 0.2) is 18.2 Å². The van der Waals surface area contributed by atoms with E-state index in [9.17, 15) is 4.79 Å². The highest BCUT2D eigenvalue weighted by atomic mass is 16.1. The molecule has 1 saturated carbocycles. The molecule has 0 bridgehead atoms. The van der Waals surface area contributed by atoms with Gasteiger partial charge in [-0.2, -0.15) is 0 Å². The highest BCUT2D eigenvalue weighted by molar-refractivity contribution is 5.97. The molecule has 0 unspecified atom stereocenters. The zero-order valence-corrected chi connectivity index (χ0v) is 12.8. The Morgan fingerprint density at radius 1 is 1.25 bits per heavy atom. The van der Waals surface area contributed by atoms with Crippen molar-refractivity contribution in [3.8, 4) is 0 Å². The Morgan fingerprint density at radius 2 is 1.95 bits per heavy atom. The van der Waals surface area contributed by atoms with Crippen molar-refractivity contribution in [2.24, 2.45) is 10.8 Å². The van der Waals surface area contributed by atoms with Crippen molar-refractivity contribution in [2.75, 3.05) is 11.9 Å². The van der Waals surface area contributed by atoms with Gasteiger partial charge in [0.1, 0.15) is 0 Å². The molecule has 2 N–H and O–H groups in total. The van der Waals surface area contributed by atoms with Crippen LogP contribution >= 0.6 is 0 Å². The van der Waals surface area contributed by atoms with Crippen LogP contribution in [0.1, 0.15) is 50.0 Å². The minimum Gasteiger partial charge on any atom is -0.385 e. The van der Waals surface area contributed by atoms with Crippen molar-refractivity contribution in [2.45, 2.75) is 46.6 Å². The van der Waals surface area contributed by atoms with E-state index in [0.717, 1.165) is 30.6 Å². The number of hydrogen-bond donors (Lipinski definition) is 2. The largest absolute Gasteiger partial charge is 0.385 e. The smallest absolute Gasteiger partial charge is 0.251 e. The number of nitrogens with one attached hydrogen (secondary N) is 2. The molecule has 0 aromatic heterocycles. The van der Waals surface area contributed by atoms with Crippen LogP contribution in [0.3, 0.4) is 0 Å². The second-order valence-corrected chi connectivity index (χ2v) is 7.21. The average Bonchev–Trinajstić information content (AvgIpc) is 2.80. The zero-order chi connectivity index (χ0) is 14.5. The maximum Gasteiger partial charge on any atom is 0.251 e. The molecule has 1 aliphatic heterocycles. The Kier molecular flexibility index (Phi) is 2.86. The second-order valence-electron chi connectivity index (χ2n) is 7.21. The minimum atomic E-state index is 0.0780. The lowest BCUT2D eigenvalue weighted by molar-refractivity contribution is 0.0942. The van der Waals surface area contributed by atoms with E-state index in [2.05, 4.69) is 44.4 Å². The average molecular weight is 272 g/mol. The van der Waals surface area contributed by atoms with Crippen LogP contribution in [-0.2, 0) is 6.42 Å². The first-order valence-electron chi connectivity index (χ1n) is 7.52. The molecule has 20 heavy (non-hydrogen) atoms. The Bertz CT molecular complexity index is 546. The first kappa shape index (κ1) is 13.5. The predicted molar refractivity (Wildman–Crippen MR) is 82.1 cm³/mol. The molecule has 1 amide bonds. The van der Waals surface area contributed by atoms with Gasteiger partial charge in [0.25, 0.3) is 5.91 Å². The van der Waals surface area contributed by atoms with Crippen molar-refractivity contribution in [1.29, 1.82) is 0 Å². The van der Waals surface area contributed by atoms with Gasteiger partial charge in [-0.25, -0.2) is 0 Å². The molecule has 0 spiro atoms. The molecule has 2 aliphatic rings. The SMILES string of the molecule is CC1(C)C(NC(=O)c2cccc3c2CCCN3)C1(C)C. The third kappa shape index (κ3) is 1.83. The van der Waals surface area contributed by atoms with Crippen molar-refractivity contribution < 1.29 is 4.79 Å². The Morgan fingerprint density at radius 3 is 2.60 bits per heavy atom. The molecule has 3 rings (SSSR count). The Labute approximate surface area is 121 Å². The third-order valence-corrected chi connectivity index (χ3v) is 5.64. The summed E-state index contributed by atoms with van der Waals surface area (Å²) in [6, 6.07) is 6.24. The van der Waals surface area contributed by atoms with Crippen LogP contribution < -0.4 is 10.6 Å². The number of carbonyl (C=O) groups is 1. The molecule has 108 valence electrons. The summed E-state index contributed by atoms with van der Waals surface area (Å²) in [6.07, 6.45) is 2.08. The molecule has 1 aromatic rings. The summed E-state index contributed by atoms with van der Waals surface area (Å²) < 4.78 is 0. The van der Waals surface area contributed by atoms with Gasteiger partial charge in [0.15, 0.2) is 0 Å². The fourth-order valence-electron chi connectivity index (χ4n) is 3.49. The number of amides is 1. The number of anilines is 1. The van der Waals surface area contributed by atoms with E-state index >= 15 is 0 Å². The lowest BCUT2D eigenvalue weighted by atomic mass is 9.97. The molecule has 0 atom stereocenters. The standard InChI is InChI=1S/C17H24N2O/c1-16(2)15(17(16,3)4)19-14(20)12-7-5-9-13-11(12)8-6-10-18-13/h5,7,9,15,18H,6,8,10H2,1-4H3,(H,19,20). The van der Waals surface area contributed by atoms with Gasteiger partial charge in [0.2, 0.25) is 0 Å².